The second-order valence-electron chi connectivity index (χ2n) is 3.23. The van der Waals surface area contributed by atoms with E-state index >= 15 is 0 Å². The van der Waals surface area contributed by atoms with E-state index in [1.165, 1.54) is 11.6 Å². The fourth-order valence-corrected chi connectivity index (χ4v) is 1.51. The van der Waals surface area contributed by atoms with Crippen LogP contribution in [0.15, 0.2) is 48.1 Å². The first-order chi connectivity index (χ1) is 6.36. The molecule has 0 saturated heterocycles. The Bertz CT molecular complexity index is 361. The minimum Gasteiger partial charge on any atom is -0.207 e. The van der Waals surface area contributed by atoms with E-state index in [2.05, 4.69) is 12.2 Å². The first-order valence-corrected chi connectivity index (χ1v) is 4.44. The predicted octanol–water partition coefficient (Wildman–Crippen LogP) is 3.25. The molecule has 0 nitrogen and oxygen atoms in total. The van der Waals surface area contributed by atoms with Crippen LogP contribution in [0.2, 0.25) is 0 Å². The highest BCUT2D eigenvalue weighted by Gasteiger charge is 2.04. The van der Waals surface area contributed by atoms with Crippen LogP contribution >= 0.6 is 0 Å². The lowest BCUT2D eigenvalue weighted by molar-refractivity contribution is 0.613. The molecule has 0 atom stereocenters. The van der Waals surface area contributed by atoms with Crippen LogP contribution in [0.4, 0.5) is 4.39 Å². The zero-order chi connectivity index (χ0) is 9.10. The van der Waals surface area contributed by atoms with E-state index in [1.807, 2.05) is 18.2 Å². The topological polar surface area (TPSA) is 0 Å². The summed E-state index contributed by atoms with van der Waals surface area (Å²) in [5.74, 6) is -0.102. The van der Waals surface area contributed by atoms with E-state index < -0.39 is 0 Å². The molecule has 0 heterocycles. The third-order valence-corrected chi connectivity index (χ3v) is 2.22. The van der Waals surface area contributed by atoms with Gasteiger partial charge in [-0.25, -0.2) is 4.39 Å². The van der Waals surface area contributed by atoms with E-state index in [0.717, 1.165) is 18.4 Å². The van der Waals surface area contributed by atoms with Crippen molar-refractivity contribution in [1.82, 2.24) is 0 Å². The molecule has 0 aliphatic heterocycles. The third-order valence-electron chi connectivity index (χ3n) is 2.22. The lowest BCUT2D eigenvalue weighted by atomic mass is 10.0. The third kappa shape index (κ3) is 1.86. The monoisotopic (exact) mass is 174 g/mol. The van der Waals surface area contributed by atoms with Gasteiger partial charge >= 0.3 is 0 Å². The van der Waals surface area contributed by atoms with Gasteiger partial charge in [0, 0.05) is 0 Å². The van der Waals surface area contributed by atoms with Crippen molar-refractivity contribution in [3.8, 4) is 0 Å². The maximum Gasteiger partial charge on any atom is 0.126 e. The van der Waals surface area contributed by atoms with Gasteiger partial charge in [0.15, 0.2) is 0 Å². The molecule has 0 amide bonds. The molecule has 1 aliphatic rings. The molecule has 1 heteroatoms. The Morgan fingerprint density at radius 3 is 2.77 bits per heavy atom. The Morgan fingerprint density at radius 2 is 2.08 bits per heavy atom. The van der Waals surface area contributed by atoms with E-state index in [0.29, 0.717) is 0 Å². The fourth-order valence-electron chi connectivity index (χ4n) is 1.51. The second-order valence-corrected chi connectivity index (χ2v) is 3.23. The Labute approximate surface area is 77.4 Å². The average Bonchev–Trinajstić information content (AvgIpc) is 2.61. The van der Waals surface area contributed by atoms with Crippen LogP contribution in [0.1, 0.15) is 12.0 Å². The normalized spacial score (nSPS) is 14.7. The lowest BCUT2D eigenvalue weighted by Crippen LogP contribution is -1.91. The van der Waals surface area contributed by atoms with Crippen LogP contribution in [-0.2, 0) is 6.42 Å². The summed E-state index contributed by atoms with van der Waals surface area (Å²) in [5.41, 5.74) is 2.07. The summed E-state index contributed by atoms with van der Waals surface area (Å²) in [4.78, 5) is 0. The van der Waals surface area contributed by atoms with Crippen molar-refractivity contribution in [3.05, 3.63) is 59.4 Å². The lowest BCUT2D eigenvalue weighted by Gasteiger charge is -2.02. The van der Waals surface area contributed by atoms with Crippen LogP contribution in [0.25, 0.3) is 0 Å². The maximum absolute atomic E-state index is 13.2. The Kier molecular flexibility index (Phi) is 2.26. The SMILES string of the molecule is Fc1ccccc1CC1=CC=CC1. The smallest absolute Gasteiger partial charge is 0.126 e. The first kappa shape index (κ1) is 8.24. The number of rotatable bonds is 2. The molecule has 1 aliphatic carbocycles. The van der Waals surface area contributed by atoms with E-state index in [1.54, 1.807) is 6.07 Å². The van der Waals surface area contributed by atoms with Gasteiger partial charge < -0.3 is 0 Å². The van der Waals surface area contributed by atoms with Crippen LogP contribution in [0, 0.1) is 5.82 Å². The minimum atomic E-state index is -0.102. The van der Waals surface area contributed by atoms with Crippen molar-refractivity contribution < 1.29 is 4.39 Å². The van der Waals surface area contributed by atoms with Crippen molar-refractivity contribution in [1.29, 1.82) is 0 Å². The summed E-state index contributed by atoms with van der Waals surface area (Å²) in [5, 5.41) is 0. The molecule has 0 saturated carbocycles. The summed E-state index contributed by atoms with van der Waals surface area (Å²) < 4.78 is 13.2. The van der Waals surface area contributed by atoms with Crippen molar-refractivity contribution in [2.45, 2.75) is 12.8 Å². The van der Waals surface area contributed by atoms with Gasteiger partial charge in [-0.15, -0.1) is 0 Å². The van der Waals surface area contributed by atoms with Crippen molar-refractivity contribution in [2.75, 3.05) is 0 Å². The van der Waals surface area contributed by atoms with Crippen LogP contribution in [0.3, 0.4) is 0 Å². The van der Waals surface area contributed by atoms with Gasteiger partial charge in [0.1, 0.15) is 5.82 Å². The van der Waals surface area contributed by atoms with E-state index in [9.17, 15) is 4.39 Å². The highest BCUT2D eigenvalue weighted by atomic mass is 19.1. The van der Waals surface area contributed by atoms with Gasteiger partial charge in [0.2, 0.25) is 0 Å². The molecule has 0 aromatic heterocycles. The summed E-state index contributed by atoms with van der Waals surface area (Å²) in [7, 11) is 0. The van der Waals surface area contributed by atoms with Crippen LogP contribution in [-0.4, -0.2) is 0 Å². The Hall–Kier alpha value is -1.37. The Balaban J connectivity index is 2.14. The Morgan fingerprint density at radius 1 is 1.23 bits per heavy atom. The molecule has 2 rings (SSSR count). The van der Waals surface area contributed by atoms with Gasteiger partial charge in [-0.3, -0.25) is 0 Å². The van der Waals surface area contributed by atoms with E-state index in [4.69, 9.17) is 0 Å². The molecular formula is C12H11F. The molecule has 1 aromatic rings. The van der Waals surface area contributed by atoms with Crippen molar-refractivity contribution >= 4 is 0 Å². The molecule has 0 bridgehead atoms. The molecule has 0 fully saturated rings. The van der Waals surface area contributed by atoms with Crippen LogP contribution < -0.4 is 0 Å². The molecule has 66 valence electrons. The van der Waals surface area contributed by atoms with Gasteiger partial charge in [-0.1, -0.05) is 42.0 Å². The number of halogens is 1. The zero-order valence-corrected chi connectivity index (χ0v) is 7.33. The number of benzene rings is 1. The number of hydrogen-bond donors (Lipinski definition) is 0. The molecule has 13 heavy (non-hydrogen) atoms. The van der Waals surface area contributed by atoms with Gasteiger partial charge in [-0.05, 0) is 24.5 Å². The van der Waals surface area contributed by atoms with Crippen molar-refractivity contribution in [2.24, 2.45) is 0 Å². The zero-order valence-electron chi connectivity index (χ0n) is 7.33. The summed E-state index contributed by atoms with van der Waals surface area (Å²) in [6.07, 6.45) is 7.88. The van der Waals surface area contributed by atoms with Gasteiger partial charge in [-0.2, -0.15) is 0 Å². The average molecular weight is 174 g/mol. The molecule has 0 radical (unpaired) electrons. The van der Waals surface area contributed by atoms with Gasteiger partial charge in [0.05, 0.1) is 0 Å². The molecule has 0 unspecified atom stereocenters. The first-order valence-electron chi connectivity index (χ1n) is 4.44. The summed E-state index contributed by atoms with van der Waals surface area (Å²) >= 11 is 0. The number of hydrogen-bond acceptors (Lipinski definition) is 0. The van der Waals surface area contributed by atoms with Crippen molar-refractivity contribution in [3.63, 3.8) is 0 Å². The highest BCUT2D eigenvalue weighted by Crippen LogP contribution is 2.18. The number of allylic oxidation sites excluding steroid dienone is 4. The van der Waals surface area contributed by atoms with E-state index in [-0.39, 0.29) is 5.82 Å². The summed E-state index contributed by atoms with van der Waals surface area (Å²) in [6.45, 7) is 0. The molecule has 0 spiro atoms. The van der Waals surface area contributed by atoms with Gasteiger partial charge in [0.25, 0.3) is 0 Å². The quantitative estimate of drug-likeness (QED) is 0.645. The largest absolute Gasteiger partial charge is 0.207 e. The summed E-state index contributed by atoms with van der Waals surface area (Å²) in [6, 6.07) is 6.95. The second kappa shape index (κ2) is 3.56. The predicted molar refractivity (Wildman–Crippen MR) is 51.9 cm³/mol. The van der Waals surface area contributed by atoms with Crippen LogP contribution in [0.5, 0.6) is 0 Å². The molecule has 0 N–H and O–H groups in total. The molecule has 1 aromatic carbocycles. The highest BCUT2D eigenvalue weighted by molar-refractivity contribution is 5.30. The minimum absolute atomic E-state index is 0.102. The molecular weight excluding hydrogens is 163 g/mol. The standard InChI is InChI=1S/C12H11F/c13-12-8-4-3-7-11(12)9-10-5-1-2-6-10/h1-5,7-8H,6,9H2. The maximum atomic E-state index is 13.2. The fraction of sp³-hybridized carbons (Fsp3) is 0.167.